The van der Waals surface area contributed by atoms with Gasteiger partial charge in [-0.15, -0.1) is 13.2 Å². The van der Waals surface area contributed by atoms with Crippen LogP contribution >= 0.6 is 0 Å². The van der Waals surface area contributed by atoms with Crippen LogP contribution in [0.1, 0.15) is 29.7 Å². The van der Waals surface area contributed by atoms with Crippen LogP contribution in [0.15, 0.2) is 42.5 Å². The lowest BCUT2D eigenvalue weighted by atomic mass is 10.1. The first kappa shape index (κ1) is 18.2. The van der Waals surface area contributed by atoms with Crippen molar-refractivity contribution in [2.24, 2.45) is 0 Å². The Morgan fingerprint density at radius 3 is 2.54 bits per heavy atom. The molecule has 0 saturated heterocycles. The molecule has 0 amide bonds. The molecule has 2 N–H and O–H groups in total. The summed E-state index contributed by atoms with van der Waals surface area (Å²) in [5, 5.41) is 12.1. The lowest BCUT2D eigenvalue weighted by Gasteiger charge is -2.19. The minimum absolute atomic E-state index is 0.169. The van der Waals surface area contributed by atoms with E-state index in [0.29, 0.717) is 17.7 Å². The summed E-state index contributed by atoms with van der Waals surface area (Å²) in [4.78, 5) is 0. The second-order valence-electron chi connectivity index (χ2n) is 5.27. The molecule has 2 rings (SSSR count). The molecule has 2 aromatic rings. The lowest BCUT2D eigenvalue weighted by molar-refractivity contribution is -0.275. The average molecular weight is 343 g/mol. The van der Waals surface area contributed by atoms with Crippen LogP contribution in [0.5, 0.6) is 5.75 Å². The molecular formula is C17H17F4NO2. The molecule has 0 spiro atoms. The molecule has 3 nitrogen and oxygen atoms in total. The third-order valence-electron chi connectivity index (χ3n) is 3.50. The molecule has 2 aromatic carbocycles. The number of hydrogen-bond donors (Lipinski definition) is 2. The zero-order valence-electron chi connectivity index (χ0n) is 12.9. The van der Waals surface area contributed by atoms with Gasteiger partial charge in [-0.3, -0.25) is 0 Å². The molecule has 0 fully saturated rings. The Morgan fingerprint density at radius 1 is 1.17 bits per heavy atom. The highest BCUT2D eigenvalue weighted by Crippen LogP contribution is 2.30. The molecule has 0 aromatic heterocycles. The van der Waals surface area contributed by atoms with Crippen molar-refractivity contribution in [2.75, 3.05) is 0 Å². The SMILES string of the molecule is CC(NCc1ccc(F)c(CO)c1)c1ccccc1OC(F)(F)F. The third-order valence-corrected chi connectivity index (χ3v) is 3.50. The summed E-state index contributed by atoms with van der Waals surface area (Å²) in [5.74, 6) is -0.765. The smallest absolute Gasteiger partial charge is 0.405 e. The van der Waals surface area contributed by atoms with Crippen LogP contribution < -0.4 is 10.1 Å². The Labute approximate surface area is 136 Å². The Balaban J connectivity index is 2.09. The molecule has 0 bridgehead atoms. The van der Waals surface area contributed by atoms with Crippen LogP contribution in [0.3, 0.4) is 0 Å². The second kappa shape index (κ2) is 7.63. The van der Waals surface area contributed by atoms with Crippen molar-refractivity contribution in [3.05, 3.63) is 65.0 Å². The number of aliphatic hydroxyl groups is 1. The minimum Gasteiger partial charge on any atom is -0.405 e. The monoisotopic (exact) mass is 343 g/mol. The summed E-state index contributed by atoms with van der Waals surface area (Å²) in [7, 11) is 0. The first-order valence-corrected chi connectivity index (χ1v) is 7.26. The van der Waals surface area contributed by atoms with Gasteiger partial charge in [0.05, 0.1) is 6.61 Å². The molecule has 0 saturated carbocycles. The zero-order chi connectivity index (χ0) is 17.7. The fourth-order valence-corrected chi connectivity index (χ4v) is 2.30. The maximum atomic E-state index is 13.3. The Bertz CT molecular complexity index is 689. The molecule has 0 aliphatic heterocycles. The summed E-state index contributed by atoms with van der Waals surface area (Å²) < 4.78 is 54.7. The van der Waals surface area contributed by atoms with E-state index in [9.17, 15) is 17.6 Å². The third kappa shape index (κ3) is 4.94. The zero-order valence-corrected chi connectivity index (χ0v) is 12.9. The quantitative estimate of drug-likeness (QED) is 0.777. The van der Waals surface area contributed by atoms with Crippen LogP contribution in [0, 0.1) is 5.82 Å². The molecule has 0 aliphatic carbocycles. The van der Waals surface area contributed by atoms with Gasteiger partial charge in [0.15, 0.2) is 0 Å². The minimum atomic E-state index is -4.76. The van der Waals surface area contributed by atoms with Crippen molar-refractivity contribution in [3.63, 3.8) is 0 Å². The van der Waals surface area contributed by atoms with Crippen molar-refractivity contribution in [1.82, 2.24) is 5.32 Å². The highest BCUT2D eigenvalue weighted by molar-refractivity contribution is 5.36. The van der Waals surface area contributed by atoms with Gasteiger partial charge < -0.3 is 15.2 Å². The van der Waals surface area contributed by atoms with Gasteiger partial charge in [-0.1, -0.05) is 24.3 Å². The number of para-hydroxylation sites is 1. The molecule has 1 atom stereocenters. The van der Waals surface area contributed by atoms with Crippen molar-refractivity contribution in [2.45, 2.75) is 32.5 Å². The van der Waals surface area contributed by atoms with E-state index in [2.05, 4.69) is 10.1 Å². The van der Waals surface area contributed by atoms with Gasteiger partial charge in [0.25, 0.3) is 0 Å². The Morgan fingerprint density at radius 2 is 1.88 bits per heavy atom. The van der Waals surface area contributed by atoms with E-state index in [0.717, 1.165) is 0 Å². The van der Waals surface area contributed by atoms with Crippen LogP contribution in [-0.2, 0) is 13.2 Å². The largest absolute Gasteiger partial charge is 0.573 e. The summed E-state index contributed by atoms with van der Waals surface area (Å²) in [6, 6.07) is 9.76. The van der Waals surface area contributed by atoms with E-state index in [-0.39, 0.29) is 11.3 Å². The fourth-order valence-electron chi connectivity index (χ4n) is 2.30. The summed E-state index contributed by atoms with van der Waals surface area (Å²) in [5.41, 5.74) is 1.24. The van der Waals surface area contributed by atoms with E-state index < -0.39 is 24.8 Å². The van der Waals surface area contributed by atoms with Gasteiger partial charge in [-0.2, -0.15) is 0 Å². The van der Waals surface area contributed by atoms with Crippen LogP contribution in [0.4, 0.5) is 17.6 Å². The van der Waals surface area contributed by atoms with Crippen molar-refractivity contribution in [3.8, 4) is 5.75 Å². The normalized spacial score (nSPS) is 12.9. The molecule has 7 heteroatoms. The van der Waals surface area contributed by atoms with E-state index in [1.807, 2.05) is 0 Å². The number of aliphatic hydroxyl groups excluding tert-OH is 1. The number of ether oxygens (including phenoxy) is 1. The van der Waals surface area contributed by atoms with Gasteiger partial charge in [-0.05, 0) is 30.7 Å². The molecule has 1 unspecified atom stereocenters. The molecule has 0 radical (unpaired) electrons. The summed E-state index contributed by atoms with van der Waals surface area (Å²) in [6.45, 7) is 1.58. The van der Waals surface area contributed by atoms with Crippen molar-refractivity contribution in [1.29, 1.82) is 0 Å². The van der Waals surface area contributed by atoms with Crippen molar-refractivity contribution < 1.29 is 27.4 Å². The first-order valence-electron chi connectivity index (χ1n) is 7.26. The maximum Gasteiger partial charge on any atom is 0.573 e. The van der Waals surface area contributed by atoms with Gasteiger partial charge >= 0.3 is 6.36 Å². The number of alkyl halides is 3. The Kier molecular flexibility index (Phi) is 5.80. The van der Waals surface area contributed by atoms with Crippen LogP contribution in [0.2, 0.25) is 0 Å². The Hall–Kier alpha value is -2.12. The van der Waals surface area contributed by atoms with E-state index >= 15 is 0 Å². The second-order valence-corrected chi connectivity index (χ2v) is 5.27. The topological polar surface area (TPSA) is 41.5 Å². The van der Waals surface area contributed by atoms with Crippen molar-refractivity contribution >= 4 is 0 Å². The molecular weight excluding hydrogens is 326 g/mol. The number of halogens is 4. The fraction of sp³-hybridized carbons (Fsp3) is 0.294. The van der Waals surface area contributed by atoms with Gasteiger partial charge in [-0.25, -0.2) is 4.39 Å². The number of rotatable bonds is 6. The number of hydrogen-bond acceptors (Lipinski definition) is 3. The predicted octanol–water partition coefficient (Wildman–Crippen LogP) is 4.07. The summed E-state index contributed by atoms with van der Waals surface area (Å²) in [6.07, 6.45) is -4.76. The lowest BCUT2D eigenvalue weighted by Crippen LogP contribution is -2.22. The van der Waals surface area contributed by atoms with Gasteiger partial charge in [0, 0.05) is 23.7 Å². The highest BCUT2D eigenvalue weighted by atomic mass is 19.4. The maximum absolute atomic E-state index is 13.3. The standard InChI is InChI=1S/C17H17F4NO2/c1-11(14-4-2-3-5-16(14)24-17(19,20)21)22-9-12-6-7-15(18)13(8-12)10-23/h2-8,11,22-23H,9-10H2,1H3. The van der Waals surface area contributed by atoms with E-state index in [1.54, 1.807) is 25.1 Å². The van der Waals surface area contributed by atoms with Crippen LogP contribution in [0.25, 0.3) is 0 Å². The highest BCUT2D eigenvalue weighted by Gasteiger charge is 2.32. The predicted molar refractivity (Wildman–Crippen MR) is 80.7 cm³/mol. The number of nitrogens with one attached hydrogen (secondary N) is 1. The summed E-state index contributed by atoms with van der Waals surface area (Å²) >= 11 is 0. The molecule has 130 valence electrons. The van der Waals surface area contributed by atoms with E-state index in [1.165, 1.54) is 24.3 Å². The van der Waals surface area contributed by atoms with Gasteiger partial charge in [0.1, 0.15) is 11.6 Å². The number of benzene rings is 2. The van der Waals surface area contributed by atoms with Gasteiger partial charge in [0.2, 0.25) is 0 Å². The molecule has 24 heavy (non-hydrogen) atoms. The molecule has 0 aliphatic rings. The van der Waals surface area contributed by atoms with E-state index in [4.69, 9.17) is 5.11 Å². The average Bonchev–Trinajstić information content (AvgIpc) is 2.52. The van der Waals surface area contributed by atoms with Crippen LogP contribution in [-0.4, -0.2) is 11.5 Å². The molecule has 0 heterocycles. The first-order chi connectivity index (χ1) is 11.3.